The average Bonchev–Trinajstić information content (AvgIpc) is 3.47. The van der Waals surface area contributed by atoms with Crippen LogP contribution in [0.4, 0.5) is 0 Å². The highest BCUT2D eigenvalue weighted by Gasteiger charge is 2.30. The van der Waals surface area contributed by atoms with Gasteiger partial charge in [0.1, 0.15) is 0 Å². The third kappa shape index (κ3) is 3.87. The minimum Gasteiger partial charge on any atom is -0.272 e. The van der Waals surface area contributed by atoms with Gasteiger partial charge in [-0.05, 0) is 43.2 Å². The molecule has 0 amide bonds. The summed E-state index contributed by atoms with van der Waals surface area (Å²) >= 11 is 5.86. The predicted octanol–water partition coefficient (Wildman–Crippen LogP) is 2.07. The molecule has 1 N–H and O–H groups in total. The van der Waals surface area contributed by atoms with Crippen molar-refractivity contribution in [2.24, 2.45) is 0 Å². The van der Waals surface area contributed by atoms with Crippen LogP contribution in [0.2, 0.25) is 5.02 Å². The Balaban J connectivity index is 1.54. The van der Waals surface area contributed by atoms with Gasteiger partial charge < -0.3 is 0 Å². The van der Waals surface area contributed by atoms with Gasteiger partial charge in [-0.15, -0.1) is 5.10 Å². The Labute approximate surface area is 166 Å². The van der Waals surface area contributed by atoms with Crippen molar-refractivity contribution in [3.05, 3.63) is 64.3 Å². The Hall–Kier alpha value is -2.49. The number of rotatable bonds is 7. The second-order valence-corrected chi connectivity index (χ2v) is 8.73. The van der Waals surface area contributed by atoms with E-state index in [1.54, 1.807) is 35.2 Å². The van der Waals surface area contributed by atoms with E-state index in [4.69, 9.17) is 11.6 Å². The zero-order valence-electron chi connectivity index (χ0n) is 14.8. The maximum Gasteiger partial charge on any atom is 0.346 e. The largest absolute Gasteiger partial charge is 0.346 e. The molecule has 1 fully saturated rings. The summed E-state index contributed by atoms with van der Waals surface area (Å²) in [5, 5.41) is 4.76. The molecule has 0 saturated heterocycles. The van der Waals surface area contributed by atoms with Gasteiger partial charge in [0.2, 0.25) is 10.0 Å². The molecule has 0 atom stereocenters. The molecule has 1 aliphatic rings. The lowest BCUT2D eigenvalue weighted by Crippen LogP contribution is -2.32. The van der Waals surface area contributed by atoms with E-state index in [9.17, 15) is 13.2 Å². The molecule has 4 rings (SSSR count). The van der Waals surface area contributed by atoms with Crippen LogP contribution in [0.25, 0.3) is 11.4 Å². The summed E-state index contributed by atoms with van der Waals surface area (Å²) in [5.41, 5.74) is 0.507. The van der Waals surface area contributed by atoms with Gasteiger partial charge in [-0.2, -0.15) is 0 Å². The molecular formula is C18H18ClN5O3S. The van der Waals surface area contributed by atoms with Crippen molar-refractivity contribution in [1.29, 1.82) is 0 Å². The number of aromatic nitrogens is 4. The predicted molar refractivity (Wildman–Crippen MR) is 105 cm³/mol. The number of sulfonamides is 1. The first-order valence-corrected chi connectivity index (χ1v) is 10.7. The lowest BCUT2D eigenvalue weighted by atomic mass is 10.3. The fourth-order valence-corrected chi connectivity index (χ4v) is 4.24. The molecule has 0 unspecified atom stereocenters. The smallest absolute Gasteiger partial charge is 0.272 e. The van der Waals surface area contributed by atoms with Crippen LogP contribution in [-0.2, 0) is 16.6 Å². The molecule has 8 nitrogen and oxygen atoms in total. The van der Waals surface area contributed by atoms with Gasteiger partial charge in [0, 0.05) is 35.6 Å². The minimum atomic E-state index is -3.72. The molecule has 10 heteroatoms. The van der Waals surface area contributed by atoms with Crippen molar-refractivity contribution >= 4 is 21.6 Å². The summed E-state index contributed by atoms with van der Waals surface area (Å²) in [6.45, 7) is 0.147. The van der Waals surface area contributed by atoms with Gasteiger partial charge in [-0.25, -0.2) is 22.6 Å². The van der Waals surface area contributed by atoms with Crippen LogP contribution in [0, 0.1) is 0 Å². The highest BCUT2D eigenvalue weighted by atomic mass is 35.5. The zero-order chi connectivity index (χ0) is 19.7. The molecule has 2 heterocycles. The van der Waals surface area contributed by atoms with Crippen LogP contribution in [0.1, 0.15) is 18.9 Å². The van der Waals surface area contributed by atoms with E-state index in [1.165, 1.54) is 16.8 Å². The number of hydrogen-bond donors (Lipinski definition) is 1. The maximum atomic E-state index is 12.8. The number of nitrogens with zero attached hydrogens (tertiary/aromatic N) is 4. The molecule has 3 aromatic rings. The van der Waals surface area contributed by atoms with Gasteiger partial charge >= 0.3 is 5.69 Å². The van der Waals surface area contributed by atoms with Crippen molar-refractivity contribution in [3.63, 3.8) is 0 Å². The summed E-state index contributed by atoms with van der Waals surface area (Å²) in [7, 11) is -3.72. The minimum absolute atomic E-state index is 0.0307. The van der Waals surface area contributed by atoms with Crippen LogP contribution in [0.3, 0.4) is 0 Å². The molecule has 1 aromatic carbocycles. The lowest BCUT2D eigenvalue weighted by molar-refractivity contribution is 0.547. The molecular weight excluding hydrogens is 402 g/mol. The van der Waals surface area contributed by atoms with Gasteiger partial charge in [-0.1, -0.05) is 17.7 Å². The lowest BCUT2D eigenvalue weighted by Gasteiger charge is -2.06. The van der Waals surface area contributed by atoms with E-state index in [1.807, 2.05) is 6.07 Å². The first-order valence-electron chi connectivity index (χ1n) is 8.81. The Bertz CT molecular complexity index is 1150. The SMILES string of the molecule is O=c1n(CCNS(=O)(=O)c2cccc(Cl)c2)nc(-c2cccnc2)n1C1CC1. The molecule has 0 radical (unpaired) electrons. The van der Waals surface area contributed by atoms with Gasteiger partial charge in [0.15, 0.2) is 5.82 Å². The molecule has 146 valence electrons. The second-order valence-electron chi connectivity index (χ2n) is 6.53. The molecule has 1 aliphatic carbocycles. The highest BCUT2D eigenvalue weighted by Crippen LogP contribution is 2.36. The summed E-state index contributed by atoms with van der Waals surface area (Å²) in [6.07, 6.45) is 5.18. The van der Waals surface area contributed by atoms with Gasteiger partial charge in [0.05, 0.1) is 11.4 Å². The number of nitrogens with one attached hydrogen (secondary N) is 1. The first kappa shape index (κ1) is 18.9. The van der Waals surface area contributed by atoms with E-state index in [2.05, 4.69) is 14.8 Å². The van der Waals surface area contributed by atoms with E-state index in [0.717, 1.165) is 18.4 Å². The molecule has 0 aliphatic heterocycles. The Morgan fingerprint density at radius 1 is 1.21 bits per heavy atom. The van der Waals surface area contributed by atoms with Crippen LogP contribution in [-0.4, -0.2) is 34.3 Å². The van der Waals surface area contributed by atoms with Crippen molar-refractivity contribution in [3.8, 4) is 11.4 Å². The standard InChI is InChI=1S/C18H18ClN5O3S/c19-14-4-1-5-16(11-14)28(26,27)21-9-10-23-18(25)24(15-6-7-15)17(22-23)13-3-2-8-20-12-13/h1-5,8,11-12,15,21H,6-7,9-10H2. The summed E-state index contributed by atoms with van der Waals surface area (Å²) in [6, 6.07) is 9.78. The molecule has 0 spiro atoms. The summed E-state index contributed by atoms with van der Waals surface area (Å²) in [5.74, 6) is 0.554. The molecule has 1 saturated carbocycles. The molecule has 2 aromatic heterocycles. The first-order chi connectivity index (χ1) is 13.5. The van der Waals surface area contributed by atoms with Gasteiger partial charge in [-0.3, -0.25) is 9.55 Å². The van der Waals surface area contributed by atoms with Crippen molar-refractivity contribution in [1.82, 2.24) is 24.1 Å². The van der Waals surface area contributed by atoms with Crippen LogP contribution >= 0.6 is 11.6 Å². The Kier molecular flexibility index (Phi) is 5.05. The van der Waals surface area contributed by atoms with Crippen molar-refractivity contribution in [2.75, 3.05) is 6.54 Å². The Morgan fingerprint density at radius 2 is 2.04 bits per heavy atom. The summed E-state index contributed by atoms with van der Waals surface area (Å²) < 4.78 is 30.2. The Morgan fingerprint density at radius 3 is 2.71 bits per heavy atom. The number of halogens is 1. The van der Waals surface area contributed by atoms with Crippen molar-refractivity contribution in [2.45, 2.75) is 30.3 Å². The topological polar surface area (TPSA) is 98.9 Å². The van der Waals surface area contributed by atoms with E-state index in [-0.39, 0.29) is 29.7 Å². The molecule has 28 heavy (non-hydrogen) atoms. The number of hydrogen-bond acceptors (Lipinski definition) is 5. The quantitative estimate of drug-likeness (QED) is 0.632. The second kappa shape index (κ2) is 7.50. The van der Waals surface area contributed by atoms with E-state index >= 15 is 0 Å². The molecule has 0 bridgehead atoms. The van der Waals surface area contributed by atoms with Crippen LogP contribution in [0.5, 0.6) is 0 Å². The average molecular weight is 420 g/mol. The number of benzene rings is 1. The van der Waals surface area contributed by atoms with Crippen LogP contribution in [0.15, 0.2) is 58.5 Å². The van der Waals surface area contributed by atoms with Gasteiger partial charge in [0.25, 0.3) is 0 Å². The number of pyridine rings is 1. The highest BCUT2D eigenvalue weighted by molar-refractivity contribution is 7.89. The van der Waals surface area contributed by atoms with Crippen LogP contribution < -0.4 is 10.4 Å². The van der Waals surface area contributed by atoms with Crippen molar-refractivity contribution < 1.29 is 8.42 Å². The fourth-order valence-electron chi connectivity index (χ4n) is 2.92. The van der Waals surface area contributed by atoms with E-state index in [0.29, 0.717) is 10.8 Å². The third-order valence-corrected chi connectivity index (χ3v) is 6.12. The monoisotopic (exact) mass is 419 g/mol. The summed E-state index contributed by atoms with van der Waals surface area (Å²) in [4.78, 5) is 16.9. The van der Waals surface area contributed by atoms with E-state index < -0.39 is 10.0 Å². The fraction of sp³-hybridized carbons (Fsp3) is 0.278. The normalized spacial score (nSPS) is 14.3. The zero-order valence-corrected chi connectivity index (χ0v) is 16.4. The third-order valence-electron chi connectivity index (χ3n) is 4.42. The maximum absolute atomic E-state index is 12.8.